The number of hydrogen-bond acceptors (Lipinski definition) is 6. The van der Waals surface area contributed by atoms with E-state index in [1.165, 1.54) is 4.57 Å². The van der Waals surface area contributed by atoms with Crippen LogP contribution in [0.15, 0.2) is 36.8 Å². The Morgan fingerprint density at radius 1 is 1.21 bits per heavy atom. The molecule has 1 N–H and O–H groups in total. The maximum absolute atomic E-state index is 13.4. The molecule has 1 fully saturated rings. The molecule has 1 radical (unpaired) electrons. The number of carbonyl (C=O) groups is 1. The van der Waals surface area contributed by atoms with Crippen LogP contribution in [-0.2, 0) is 22.4 Å². The fourth-order valence-electron chi connectivity index (χ4n) is 4.13. The summed E-state index contributed by atoms with van der Waals surface area (Å²) >= 11 is 0. The van der Waals surface area contributed by atoms with Gasteiger partial charge in [-0.2, -0.15) is 13.2 Å². The highest BCUT2D eigenvalue weighted by atomic mass is 28.3. The third-order valence-corrected chi connectivity index (χ3v) is 7.90. The lowest BCUT2D eigenvalue weighted by Gasteiger charge is -2.36. The number of pyridine rings is 2. The molecule has 3 aromatic heterocycles. The SMILES string of the molecule is Cc1cc(OCC2(C(=O)O)CCC2)ncc1-c1ccc(-c2nc(C(F)(F)F)cn2COCC[Si](C)C)nc1. The number of halogens is 3. The molecule has 0 saturated heterocycles. The lowest BCUT2D eigenvalue weighted by Crippen LogP contribution is -2.43. The molecular weight excluding hydrogens is 517 g/mol. The van der Waals surface area contributed by atoms with Crippen LogP contribution in [0.2, 0.25) is 19.1 Å². The number of ether oxygens (including phenoxy) is 2. The number of alkyl halides is 3. The molecule has 0 unspecified atom stereocenters. The molecule has 1 saturated carbocycles. The van der Waals surface area contributed by atoms with Crippen molar-refractivity contribution >= 4 is 14.8 Å². The second kappa shape index (κ2) is 11.2. The summed E-state index contributed by atoms with van der Waals surface area (Å²) in [6, 6.07) is 5.99. The van der Waals surface area contributed by atoms with Crippen molar-refractivity contribution in [3.63, 3.8) is 0 Å². The molecule has 0 bridgehead atoms. The van der Waals surface area contributed by atoms with E-state index in [-0.39, 0.29) is 24.9 Å². The number of aryl methyl sites for hydroxylation is 1. The second-order valence-corrected chi connectivity index (χ2v) is 12.8. The number of aliphatic carboxylic acids is 1. The molecule has 3 heterocycles. The zero-order valence-corrected chi connectivity index (χ0v) is 22.5. The Morgan fingerprint density at radius 2 is 1.97 bits per heavy atom. The molecule has 0 atom stereocenters. The van der Waals surface area contributed by atoms with E-state index in [0.717, 1.165) is 35.4 Å². The number of carboxylic acid groups (broad SMARTS) is 1. The summed E-state index contributed by atoms with van der Waals surface area (Å²) in [5.41, 5.74) is 0.773. The molecule has 3 aromatic rings. The van der Waals surface area contributed by atoms with Crippen LogP contribution in [-0.4, -0.2) is 52.6 Å². The number of imidazole rings is 1. The van der Waals surface area contributed by atoms with Crippen molar-refractivity contribution in [2.24, 2.45) is 5.41 Å². The minimum atomic E-state index is -4.59. The van der Waals surface area contributed by atoms with E-state index in [1.807, 2.05) is 6.92 Å². The maximum Gasteiger partial charge on any atom is 0.434 e. The first kappa shape index (κ1) is 27.8. The largest absolute Gasteiger partial charge is 0.481 e. The van der Waals surface area contributed by atoms with Gasteiger partial charge in [0.2, 0.25) is 5.88 Å². The Kier molecular flexibility index (Phi) is 8.21. The lowest BCUT2D eigenvalue weighted by atomic mass is 9.69. The summed E-state index contributed by atoms with van der Waals surface area (Å²) in [4.78, 5) is 24.0. The van der Waals surface area contributed by atoms with E-state index in [2.05, 4.69) is 28.0 Å². The van der Waals surface area contributed by atoms with E-state index >= 15 is 0 Å². The summed E-state index contributed by atoms with van der Waals surface area (Å²) in [5, 5.41) is 9.47. The van der Waals surface area contributed by atoms with Crippen molar-refractivity contribution in [3.05, 3.63) is 48.0 Å². The Morgan fingerprint density at radius 3 is 2.53 bits per heavy atom. The van der Waals surface area contributed by atoms with Gasteiger partial charge in [0.25, 0.3) is 0 Å². The minimum absolute atomic E-state index is 0.0509. The van der Waals surface area contributed by atoms with Crippen LogP contribution in [0.5, 0.6) is 5.88 Å². The first-order valence-corrected chi connectivity index (χ1v) is 15.0. The van der Waals surface area contributed by atoms with Gasteiger partial charge in [-0.3, -0.25) is 9.78 Å². The van der Waals surface area contributed by atoms with Crippen molar-refractivity contribution in [2.75, 3.05) is 13.2 Å². The Labute approximate surface area is 220 Å². The number of rotatable bonds is 11. The van der Waals surface area contributed by atoms with Gasteiger partial charge < -0.3 is 19.1 Å². The van der Waals surface area contributed by atoms with Gasteiger partial charge in [-0.25, -0.2) is 9.97 Å². The number of aromatic nitrogens is 4. The van der Waals surface area contributed by atoms with Crippen LogP contribution in [0.3, 0.4) is 0 Å². The standard InChI is InChI=1S/C26H30F3N4O4Si/c1-17-11-22(37-15-25(24(34)35)7-4-8-25)31-13-19(17)18-5-6-20(30-12-18)23-32-21(26(27,28)29)14-33(23)16-36-9-10-38(2)3/h5-6,11-14H,4,7-10,15-16H2,1-3H3,(H,34,35). The molecule has 0 amide bonds. The average molecular weight is 548 g/mol. The highest BCUT2D eigenvalue weighted by Gasteiger charge is 2.45. The fraction of sp³-hybridized carbons (Fsp3) is 0.462. The first-order valence-electron chi connectivity index (χ1n) is 12.3. The average Bonchev–Trinajstić information content (AvgIpc) is 3.26. The van der Waals surface area contributed by atoms with Crippen LogP contribution in [0, 0.1) is 12.3 Å². The normalized spacial score (nSPS) is 14.9. The smallest absolute Gasteiger partial charge is 0.434 e. The second-order valence-electron chi connectivity index (χ2n) is 9.91. The van der Waals surface area contributed by atoms with Crippen LogP contribution < -0.4 is 4.74 Å². The van der Waals surface area contributed by atoms with Gasteiger partial charge >= 0.3 is 12.1 Å². The van der Waals surface area contributed by atoms with Crippen LogP contribution in [0.4, 0.5) is 13.2 Å². The van der Waals surface area contributed by atoms with Gasteiger partial charge in [-0.05, 0) is 37.4 Å². The van der Waals surface area contributed by atoms with E-state index in [0.29, 0.717) is 25.3 Å². The molecule has 4 rings (SSSR count). The highest BCUT2D eigenvalue weighted by Crippen LogP contribution is 2.41. The summed E-state index contributed by atoms with van der Waals surface area (Å²) < 4.78 is 52.7. The van der Waals surface area contributed by atoms with E-state index in [4.69, 9.17) is 9.47 Å². The van der Waals surface area contributed by atoms with Crippen molar-refractivity contribution in [3.8, 4) is 28.5 Å². The van der Waals surface area contributed by atoms with E-state index < -0.39 is 32.1 Å². The van der Waals surface area contributed by atoms with Crippen LogP contribution >= 0.6 is 0 Å². The molecule has 0 aromatic carbocycles. The van der Waals surface area contributed by atoms with Gasteiger partial charge in [0.15, 0.2) is 11.5 Å². The minimum Gasteiger partial charge on any atom is -0.481 e. The molecular formula is C26H30F3N4O4Si. The van der Waals surface area contributed by atoms with Gasteiger partial charge in [0.05, 0.1) is 0 Å². The predicted molar refractivity (Wildman–Crippen MR) is 136 cm³/mol. The van der Waals surface area contributed by atoms with Crippen molar-refractivity contribution < 1.29 is 32.5 Å². The van der Waals surface area contributed by atoms with Crippen LogP contribution in [0.1, 0.15) is 30.5 Å². The molecule has 203 valence electrons. The molecule has 0 aliphatic heterocycles. The highest BCUT2D eigenvalue weighted by molar-refractivity contribution is 6.55. The van der Waals surface area contributed by atoms with Gasteiger partial charge in [-0.1, -0.05) is 25.6 Å². The Hall–Kier alpha value is -3.25. The zero-order valence-electron chi connectivity index (χ0n) is 21.5. The molecule has 12 heteroatoms. The monoisotopic (exact) mass is 547 g/mol. The third kappa shape index (κ3) is 6.24. The quantitative estimate of drug-likeness (QED) is 0.243. The summed E-state index contributed by atoms with van der Waals surface area (Å²) in [7, 11) is -0.496. The summed E-state index contributed by atoms with van der Waals surface area (Å²) in [5.74, 6) is -0.441. The zero-order chi connectivity index (χ0) is 27.5. The fourth-order valence-corrected chi connectivity index (χ4v) is 4.68. The van der Waals surface area contributed by atoms with Gasteiger partial charge in [0, 0.05) is 51.2 Å². The number of carboxylic acids is 1. The van der Waals surface area contributed by atoms with E-state index in [9.17, 15) is 23.1 Å². The van der Waals surface area contributed by atoms with Gasteiger partial charge in [0.1, 0.15) is 24.4 Å². The van der Waals surface area contributed by atoms with Crippen LogP contribution in [0.25, 0.3) is 22.6 Å². The molecule has 38 heavy (non-hydrogen) atoms. The molecule has 1 aliphatic rings. The molecule has 8 nitrogen and oxygen atoms in total. The lowest BCUT2D eigenvalue weighted by molar-refractivity contribution is -0.157. The van der Waals surface area contributed by atoms with Gasteiger partial charge in [-0.15, -0.1) is 0 Å². The molecule has 1 aliphatic carbocycles. The predicted octanol–water partition coefficient (Wildman–Crippen LogP) is 5.70. The van der Waals surface area contributed by atoms with Crippen molar-refractivity contribution in [1.82, 2.24) is 19.5 Å². The van der Waals surface area contributed by atoms with Crippen molar-refractivity contribution in [2.45, 2.75) is 58.2 Å². The number of hydrogen-bond donors (Lipinski definition) is 1. The number of nitrogens with zero attached hydrogens (tertiary/aromatic N) is 4. The first-order chi connectivity index (χ1) is 18.0. The third-order valence-electron chi connectivity index (χ3n) is 6.69. The topological polar surface area (TPSA) is 99.4 Å². The van der Waals surface area contributed by atoms with Crippen molar-refractivity contribution in [1.29, 1.82) is 0 Å². The summed E-state index contributed by atoms with van der Waals surface area (Å²) in [6.45, 7) is 6.64. The maximum atomic E-state index is 13.4. The molecule has 0 spiro atoms. The Balaban J connectivity index is 1.50. The van der Waals surface area contributed by atoms with E-state index in [1.54, 1.807) is 30.6 Å². The summed E-state index contributed by atoms with van der Waals surface area (Å²) in [6.07, 6.45) is 1.58. The Bertz CT molecular complexity index is 1270.